The number of carbonyl (C=O) groups excluding carboxylic acids is 2. The number of amides is 1. The Balaban J connectivity index is 3.71. The molecule has 0 aromatic heterocycles. The van der Waals surface area contributed by atoms with Crippen molar-refractivity contribution in [1.29, 1.82) is 0 Å². The first-order valence-electron chi connectivity index (χ1n) is 4.94. The smallest absolute Gasteiger partial charge is 0.306 e. The summed E-state index contributed by atoms with van der Waals surface area (Å²) in [5.41, 5.74) is -0.491. The summed E-state index contributed by atoms with van der Waals surface area (Å²) in [6.45, 7) is 9.28. The van der Waals surface area contributed by atoms with E-state index in [1.807, 2.05) is 0 Å². The molecular weight excluding hydrogens is 194 g/mol. The van der Waals surface area contributed by atoms with Crippen LogP contribution >= 0.6 is 0 Å². The highest BCUT2D eigenvalue weighted by Gasteiger charge is 2.16. The third kappa shape index (κ3) is 9.00. The minimum absolute atomic E-state index is 0.111. The SMILES string of the molecule is C=CCNC(=O)CCC(=O)OC(C)(C)C. The quantitative estimate of drug-likeness (QED) is 0.555. The van der Waals surface area contributed by atoms with Gasteiger partial charge in [-0.3, -0.25) is 9.59 Å². The van der Waals surface area contributed by atoms with Gasteiger partial charge >= 0.3 is 5.97 Å². The first-order valence-corrected chi connectivity index (χ1v) is 4.94. The van der Waals surface area contributed by atoms with Crippen molar-refractivity contribution in [2.75, 3.05) is 6.54 Å². The Labute approximate surface area is 90.7 Å². The van der Waals surface area contributed by atoms with E-state index >= 15 is 0 Å². The molecule has 15 heavy (non-hydrogen) atoms. The van der Waals surface area contributed by atoms with Gasteiger partial charge in [0.25, 0.3) is 0 Å². The topological polar surface area (TPSA) is 55.4 Å². The molecule has 0 rings (SSSR count). The molecule has 0 aromatic rings. The fraction of sp³-hybridized carbons (Fsp3) is 0.636. The third-order valence-electron chi connectivity index (χ3n) is 1.42. The van der Waals surface area contributed by atoms with Crippen molar-refractivity contribution in [3.05, 3.63) is 12.7 Å². The summed E-state index contributed by atoms with van der Waals surface area (Å²) in [4.78, 5) is 22.3. The minimum atomic E-state index is -0.491. The van der Waals surface area contributed by atoms with E-state index in [1.165, 1.54) is 0 Å². The van der Waals surface area contributed by atoms with Gasteiger partial charge in [-0.15, -0.1) is 6.58 Å². The standard InChI is InChI=1S/C11H19NO3/c1-5-8-12-9(13)6-7-10(14)15-11(2,3)4/h5H,1,6-8H2,2-4H3,(H,12,13). The van der Waals surface area contributed by atoms with E-state index in [0.717, 1.165) is 0 Å². The highest BCUT2D eigenvalue weighted by molar-refractivity contribution is 5.81. The van der Waals surface area contributed by atoms with E-state index in [1.54, 1.807) is 26.8 Å². The lowest BCUT2D eigenvalue weighted by Gasteiger charge is -2.19. The Morgan fingerprint density at radius 2 is 1.93 bits per heavy atom. The Hall–Kier alpha value is -1.32. The zero-order valence-corrected chi connectivity index (χ0v) is 9.63. The van der Waals surface area contributed by atoms with Crippen molar-refractivity contribution in [2.45, 2.75) is 39.2 Å². The zero-order valence-electron chi connectivity index (χ0n) is 9.63. The molecule has 0 bridgehead atoms. The number of rotatable bonds is 5. The molecule has 4 nitrogen and oxygen atoms in total. The van der Waals surface area contributed by atoms with Crippen LogP contribution in [0.25, 0.3) is 0 Å². The van der Waals surface area contributed by atoms with Crippen LogP contribution in [0, 0.1) is 0 Å². The van der Waals surface area contributed by atoms with Crippen LogP contribution in [0.2, 0.25) is 0 Å². The normalized spacial score (nSPS) is 10.6. The van der Waals surface area contributed by atoms with Crippen molar-refractivity contribution < 1.29 is 14.3 Å². The van der Waals surface area contributed by atoms with Crippen LogP contribution in [0.3, 0.4) is 0 Å². The monoisotopic (exact) mass is 213 g/mol. The first-order chi connectivity index (χ1) is 6.85. The van der Waals surface area contributed by atoms with Crippen molar-refractivity contribution in [3.8, 4) is 0 Å². The fourth-order valence-electron chi connectivity index (χ4n) is 0.883. The second-order valence-electron chi connectivity index (χ2n) is 4.18. The number of esters is 1. The first kappa shape index (κ1) is 13.7. The summed E-state index contributed by atoms with van der Waals surface area (Å²) in [7, 11) is 0. The number of hydrogen-bond acceptors (Lipinski definition) is 3. The Morgan fingerprint density at radius 3 is 2.40 bits per heavy atom. The molecule has 86 valence electrons. The van der Waals surface area contributed by atoms with Gasteiger partial charge in [-0.2, -0.15) is 0 Å². The van der Waals surface area contributed by atoms with Crippen molar-refractivity contribution in [1.82, 2.24) is 5.32 Å². The number of nitrogens with one attached hydrogen (secondary N) is 1. The second-order valence-corrected chi connectivity index (χ2v) is 4.18. The summed E-state index contributed by atoms with van der Waals surface area (Å²) in [5.74, 6) is -0.517. The molecule has 0 heterocycles. The molecule has 0 unspecified atom stereocenters. The molecule has 0 fully saturated rings. The van der Waals surface area contributed by atoms with Crippen LogP contribution in [0.4, 0.5) is 0 Å². The zero-order chi connectivity index (χ0) is 11.9. The van der Waals surface area contributed by atoms with Gasteiger partial charge in [0, 0.05) is 13.0 Å². The van der Waals surface area contributed by atoms with E-state index in [-0.39, 0.29) is 24.7 Å². The van der Waals surface area contributed by atoms with Crippen molar-refractivity contribution >= 4 is 11.9 Å². The van der Waals surface area contributed by atoms with Gasteiger partial charge in [-0.1, -0.05) is 6.08 Å². The van der Waals surface area contributed by atoms with Gasteiger partial charge in [-0.25, -0.2) is 0 Å². The number of carbonyl (C=O) groups is 2. The average molecular weight is 213 g/mol. The maximum absolute atomic E-state index is 11.2. The van der Waals surface area contributed by atoms with Crippen LogP contribution in [0.15, 0.2) is 12.7 Å². The summed E-state index contributed by atoms with van der Waals surface area (Å²) < 4.78 is 5.05. The summed E-state index contributed by atoms with van der Waals surface area (Å²) in [6, 6.07) is 0. The van der Waals surface area contributed by atoms with E-state index in [2.05, 4.69) is 11.9 Å². The molecule has 0 saturated carbocycles. The molecule has 0 spiro atoms. The van der Waals surface area contributed by atoms with E-state index in [0.29, 0.717) is 6.54 Å². The summed E-state index contributed by atoms with van der Waals surface area (Å²) >= 11 is 0. The van der Waals surface area contributed by atoms with Gasteiger partial charge in [0.1, 0.15) is 5.60 Å². The third-order valence-corrected chi connectivity index (χ3v) is 1.42. The van der Waals surface area contributed by atoms with Crippen LogP contribution in [0.5, 0.6) is 0 Å². The predicted molar refractivity (Wildman–Crippen MR) is 58.3 cm³/mol. The number of ether oxygens (including phenoxy) is 1. The maximum atomic E-state index is 11.2. The van der Waals surface area contributed by atoms with Gasteiger partial charge in [-0.05, 0) is 20.8 Å². The van der Waals surface area contributed by atoms with Crippen LogP contribution in [0.1, 0.15) is 33.6 Å². The molecule has 0 aliphatic heterocycles. The largest absolute Gasteiger partial charge is 0.460 e. The van der Waals surface area contributed by atoms with Crippen LogP contribution < -0.4 is 5.32 Å². The molecule has 1 amide bonds. The molecule has 0 saturated heterocycles. The maximum Gasteiger partial charge on any atom is 0.306 e. The average Bonchev–Trinajstić information content (AvgIpc) is 2.08. The van der Waals surface area contributed by atoms with Crippen molar-refractivity contribution in [2.24, 2.45) is 0 Å². The Kier molecular flexibility index (Phi) is 5.67. The molecule has 1 N–H and O–H groups in total. The molecule has 0 radical (unpaired) electrons. The lowest BCUT2D eigenvalue weighted by atomic mass is 10.2. The van der Waals surface area contributed by atoms with Gasteiger partial charge in [0.2, 0.25) is 5.91 Å². The summed E-state index contributed by atoms with van der Waals surface area (Å²) in [6.07, 6.45) is 1.86. The Bertz CT molecular complexity index is 241. The molecule has 0 aliphatic carbocycles. The van der Waals surface area contributed by atoms with E-state index in [9.17, 15) is 9.59 Å². The van der Waals surface area contributed by atoms with Crippen LogP contribution in [-0.4, -0.2) is 24.0 Å². The predicted octanol–water partition coefficient (Wildman–Crippen LogP) is 1.41. The lowest BCUT2D eigenvalue weighted by Crippen LogP contribution is -2.27. The lowest BCUT2D eigenvalue weighted by molar-refractivity contribution is -0.155. The molecule has 0 aliphatic rings. The van der Waals surface area contributed by atoms with Gasteiger partial charge in [0.15, 0.2) is 0 Å². The fourth-order valence-corrected chi connectivity index (χ4v) is 0.883. The van der Waals surface area contributed by atoms with Gasteiger partial charge in [0.05, 0.1) is 6.42 Å². The summed E-state index contributed by atoms with van der Waals surface area (Å²) in [5, 5.41) is 2.59. The molecule has 0 aromatic carbocycles. The highest BCUT2D eigenvalue weighted by Crippen LogP contribution is 2.08. The Morgan fingerprint density at radius 1 is 1.33 bits per heavy atom. The second kappa shape index (κ2) is 6.22. The highest BCUT2D eigenvalue weighted by atomic mass is 16.6. The van der Waals surface area contributed by atoms with Crippen molar-refractivity contribution in [3.63, 3.8) is 0 Å². The molecule has 0 atom stereocenters. The van der Waals surface area contributed by atoms with E-state index in [4.69, 9.17) is 4.74 Å². The van der Waals surface area contributed by atoms with Gasteiger partial charge < -0.3 is 10.1 Å². The molecule has 4 heteroatoms. The molecular formula is C11H19NO3. The van der Waals surface area contributed by atoms with Crippen LogP contribution in [-0.2, 0) is 14.3 Å². The van der Waals surface area contributed by atoms with E-state index < -0.39 is 5.60 Å². The number of hydrogen-bond donors (Lipinski definition) is 1. The minimum Gasteiger partial charge on any atom is -0.460 e.